The van der Waals surface area contributed by atoms with Crippen LogP contribution in [0.1, 0.15) is 18.1 Å². The van der Waals surface area contributed by atoms with E-state index in [0.29, 0.717) is 35.1 Å². The predicted octanol–water partition coefficient (Wildman–Crippen LogP) is 5.26. The lowest BCUT2D eigenvalue weighted by molar-refractivity contribution is -0.384. The lowest BCUT2D eigenvalue weighted by atomic mass is 10.1. The van der Waals surface area contributed by atoms with Crippen LogP contribution in [-0.2, 0) is 16.2 Å². The van der Waals surface area contributed by atoms with Gasteiger partial charge in [0.1, 0.15) is 18.9 Å². The molecule has 12 heteroatoms. The van der Waals surface area contributed by atoms with Crippen molar-refractivity contribution in [3.63, 3.8) is 0 Å². The summed E-state index contributed by atoms with van der Waals surface area (Å²) in [6, 6.07) is 17.8. The number of rotatable bonds is 11. The number of nitro groups is 1. The molecule has 4 rings (SSSR count). The van der Waals surface area contributed by atoms with Crippen molar-refractivity contribution < 1.29 is 33.5 Å². The fraction of sp³-hybridized carbons (Fsp3) is 0.179. The predicted molar refractivity (Wildman–Crippen MR) is 149 cm³/mol. The monoisotopic (exact) mass is 563 g/mol. The Kier molecular flexibility index (Phi) is 9.02. The Balaban J connectivity index is 1.38. The number of non-ortho nitro benzene ring substituents is 1. The molecule has 1 saturated heterocycles. The highest BCUT2D eigenvalue weighted by Gasteiger charge is 2.36. The van der Waals surface area contributed by atoms with Crippen LogP contribution in [0, 0.1) is 10.1 Å². The normalized spacial score (nSPS) is 13.8. The van der Waals surface area contributed by atoms with E-state index in [0.717, 1.165) is 22.2 Å². The van der Waals surface area contributed by atoms with Gasteiger partial charge in [-0.05, 0) is 84.4 Å². The first-order valence-electron chi connectivity index (χ1n) is 12.1. The second kappa shape index (κ2) is 12.8. The summed E-state index contributed by atoms with van der Waals surface area (Å²) in [5.74, 6) is 0.400. The number of ether oxygens (including phenoxy) is 3. The summed E-state index contributed by atoms with van der Waals surface area (Å²) < 4.78 is 16.6. The van der Waals surface area contributed by atoms with Crippen molar-refractivity contribution in [2.24, 2.45) is 0 Å². The second-order valence-corrected chi connectivity index (χ2v) is 9.39. The Morgan fingerprint density at radius 2 is 1.75 bits per heavy atom. The molecule has 0 radical (unpaired) electrons. The number of thioether (sulfide) groups is 1. The number of anilines is 1. The lowest BCUT2D eigenvalue weighted by Gasteiger charge is -2.13. The maximum atomic E-state index is 12.9. The summed E-state index contributed by atoms with van der Waals surface area (Å²) >= 11 is 0.743. The number of benzene rings is 3. The minimum atomic E-state index is -0.575. The molecule has 0 unspecified atom stereocenters. The number of amides is 3. The zero-order valence-electron chi connectivity index (χ0n) is 21.6. The Hall–Kier alpha value is -4.84. The van der Waals surface area contributed by atoms with E-state index in [1.165, 1.54) is 25.3 Å². The van der Waals surface area contributed by atoms with Gasteiger partial charge in [0.15, 0.2) is 11.5 Å². The zero-order valence-corrected chi connectivity index (χ0v) is 22.4. The van der Waals surface area contributed by atoms with E-state index in [-0.39, 0.29) is 17.2 Å². The topological polar surface area (TPSA) is 137 Å². The van der Waals surface area contributed by atoms with E-state index in [1.807, 2.05) is 6.92 Å². The van der Waals surface area contributed by atoms with Gasteiger partial charge < -0.3 is 19.5 Å². The number of carbonyl (C=O) groups is 3. The van der Waals surface area contributed by atoms with Crippen molar-refractivity contribution in [2.45, 2.75) is 13.5 Å². The molecule has 0 bridgehead atoms. The summed E-state index contributed by atoms with van der Waals surface area (Å²) in [7, 11) is 1.47. The summed E-state index contributed by atoms with van der Waals surface area (Å²) in [6.45, 7) is 2.12. The molecule has 1 aliphatic heterocycles. The van der Waals surface area contributed by atoms with Crippen LogP contribution in [-0.4, -0.2) is 47.1 Å². The summed E-state index contributed by atoms with van der Waals surface area (Å²) in [5, 5.41) is 12.9. The maximum absolute atomic E-state index is 12.9. The third-order valence-electron chi connectivity index (χ3n) is 5.65. The van der Waals surface area contributed by atoms with Crippen LogP contribution >= 0.6 is 11.8 Å². The molecule has 3 aromatic carbocycles. The van der Waals surface area contributed by atoms with Crippen LogP contribution in [0.2, 0.25) is 0 Å². The van der Waals surface area contributed by atoms with Gasteiger partial charge in [0.05, 0.1) is 23.5 Å². The first-order chi connectivity index (χ1) is 19.3. The molecule has 0 aromatic heterocycles. The number of nitrogens with zero attached hydrogens (tertiary/aromatic N) is 2. The van der Waals surface area contributed by atoms with Gasteiger partial charge in [0, 0.05) is 17.8 Å². The molecular weight excluding hydrogens is 538 g/mol. The molecule has 0 atom stereocenters. The average molecular weight is 564 g/mol. The summed E-state index contributed by atoms with van der Waals surface area (Å²) in [5.41, 5.74) is 1.82. The highest BCUT2D eigenvalue weighted by molar-refractivity contribution is 8.18. The molecule has 206 valence electrons. The smallest absolute Gasteiger partial charge is 0.294 e. The highest BCUT2D eigenvalue weighted by Crippen LogP contribution is 2.35. The van der Waals surface area contributed by atoms with Crippen LogP contribution in [0.15, 0.2) is 71.6 Å². The van der Waals surface area contributed by atoms with Gasteiger partial charge in [-0.2, -0.15) is 0 Å². The Labute approximate surface area is 233 Å². The maximum Gasteiger partial charge on any atom is 0.294 e. The number of carbonyl (C=O) groups excluding carboxylic acids is 3. The third-order valence-corrected chi connectivity index (χ3v) is 6.56. The molecule has 1 fully saturated rings. The number of hydrogen-bond acceptors (Lipinski definition) is 9. The number of nitrogens with one attached hydrogen (secondary N) is 1. The highest BCUT2D eigenvalue weighted by atomic mass is 32.2. The molecule has 0 aliphatic carbocycles. The molecule has 40 heavy (non-hydrogen) atoms. The summed E-state index contributed by atoms with van der Waals surface area (Å²) in [4.78, 5) is 49.3. The van der Waals surface area contributed by atoms with Crippen LogP contribution in [0.25, 0.3) is 6.08 Å². The van der Waals surface area contributed by atoms with E-state index in [2.05, 4.69) is 5.32 Å². The van der Waals surface area contributed by atoms with Crippen LogP contribution in [0.3, 0.4) is 0 Å². The van der Waals surface area contributed by atoms with Gasteiger partial charge in [0.2, 0.25) is 5.91 Å². The van der Waals surface area contributed by atoms with Crippen molar-refractivity contribution in [3.05, 3.63) is 92.9 Å². The van der Waals surface area contributed by atoms with E-state index < -0.39 is 28.5 Å². The minimum Gasteiger partial charge on any atom is -0.494 e. The quantitative estimate of drug-likeness (QED) is 0.188. The minimum absolute atomic E-state index is 0.0108. The second-order valence-electron chi connectivity index (χ2n) is 8.40. The van der Waals surface area contributed by atoms with Gasteiger partial charge in [-0.1, -0.05) is 6.07 Å². The number of hydrogen-bond donors (Lipinski definition) is 1. The summed E-state index contributed by atoms with van der Waals surface area (Å²) in [6.07, 6.45) is 1.54. The molecule has 0 saturated carbocycles. The molecule has 3 amide bonds. The molecule has 3 aromatic rings. The first kappa shape index (κ1) is 28.2. The first-order valence-corrected chi connectivity index (χ1v) is 12.9. The molecule has 1 N–H and O–H groups in total. The van der Waals surface area contributed by atoms with Crippen molar-refractivity contribution in [1.82, 2.24) is 4.90 Å². The molecule has 1 heterocycles. The SMILES string of the molecule is CCOc1ccc(NC(=O)CN2C(=O)S/C(=C/c3ccc(OCc4ccc([N+](=O)[O-])cc4)c(OC)c3)C2=O)cc1. The van der Waals surface area contributed by atoms with Gasteiger partial charge in [-0.25, -0.2) is 0 Å². The zero-order chi connectivity index (χ0) is 28.6. The fourth-order valence-corrected chi connectivity index (χ4v) is 4.54. The third kappa shape index (κ3) is 6.97. The van der Waals surface area contributed by atoms with Crippen molar-refractivity contribution in [3.8, 4) is 17.2 Å². The Bertz CT molecular complexity index is 1460. The van der Waals surface area contributed by atoms with Gasteiger partial charge in [-0.15, -0.1) is 0 Å². The average Bonchev–Trinajstić information content (AvgIpc) is 3.20. The molecule has 11 nitrogen and oxygen atoms in total. The van der Waals surface area contributed by atoms with Crippen LogP contribution in [0.4, 0.5) is 16.2 Å². The van der Waals surface area contributed by atoms with E-state index >= 15 is 0 Å². The van der Waals surface area contributed by atoms with Gasteiger partial charge in [0.25, 0.3) is 16.8 Å². The van der Waals surface area contributed by atoms with Crippen molar-refractivity contribution in [1.29, 1.82) is 0 Å². The van der Waals surface area contributed by atoms with Crippen LogP contribution in [0.5, 0.6) is 17.2 Å². The van der Waals surface area contributed by atoms with Crippen molar-refractivity contribution in [2.75, 3.05) is 25.6 Å². The lowest BCUT2D eigenvalue weighted by Crippen LogP contribution is -2.36. The number of methoxy groups -OCH3 is 1. The molecule has 0 spiro atoms. The van der Waals surface area contributed by atoms with Gasteiger partial charge in [-0.3, -0.25) is 29.4 Å². The number of imide groups is 1. The fourth-order valence-electron chi connectivity index (χ4n) is 3.70. The van der Waals surface area contributed by atoms with E-state index in [4.69, 9.17) is 14.2 Å². The van der Waals surface area contributed by atoms with Crippen molar-refractivity contribution >= 4 is 46.3 Å². The Morgan fingerprint density at radius 1 is 1.02 bits per heavy atom. The van der Waals surface area contributed by atoms with E-state index in [9.17, 15) is 24.5 Å². The Morgan fingerprint density at radius 3 is 2.40 bits per heavy atom. The van der Waals surface area contributed by atoms with E-state index in [1.54, 1.807) is 54.6 Å². The van der Waals surface area contributed by atoms with Gasteiger partial charge >= 0.3 is 0 Å². The number of nitro benzene ring substituents is 1. The molecule has 1 aliphatic rings. The molecular formula is C28H25N3O8S. The van der Waals surface area contributed by atoms with Crippen LogP contribution < -0.4 is 19.5 Å². The largest absolute Gasteiger partial charge is 0.494 e. The standard InChI is InChI=1S/C28H25N3O8S/c1-3-38-22-11-7-20(8-12-22)29-26(32)16-30-27(33)25(40-28(30)34)15-19-6-13-23(24(14-19)37-2)39-17-18-4-9-21(10-5-18)31(35)36/h4-15H,3,16-17H2,1-2H3,(H,29,32)/b25-15+.